The fraction of sp³-hybridized carbons (Fsp3) is 0.500. The molecule has 4 nitrogen and oxygen atoms in total. The van der Waals surface area contributed by atoms with Crippen molar-refractivity contribution in [1.29, 1.82) is 0 Å². The quantitative estimate of drug-likeness (QED) is 0.841. The molecule has 4 rings (SSSR count). The number of rotatable bonds is 5. The standard InChI is InChI=1S/C18H21F2N3O/c19-15-2-1-3-16(20)17(15)18-21-14(12-24-18)11-23-8-6-22(7-9-23)10-13-4-5-13/h1-3,12-13H,4-11H2. The van der Waals surface area contributed by atoms with E-state index < -0.39 is 11.6 Å². The van der Waals surface area contributed by atoms with E-state index in [9.17, 15) is 8.78 Å². The van der Waals surface area contributed by atoms with Gasteiger partial charge in [-0.2, -0.15) is 0 Å². The third-order valence-corrected chi connectivity index (χ3v) is 4.79. The molecule has 6 heteroatoms. The summed E-state index contributed by atoms with van der Waals surface area (Å²) in [7, 11) is 0. The van der Waals surface area contributed by atoms with Gasteiger partial charge >= 0.3 is 0 Å². The number of benzene rings is 1. The minimum absolute atomic E-state index is 0.00738. The molecule has 0 spiro atoms. The van der Waals surface area contributed by atoms with Crippen molar-refractivity contribution in [2.24, 2.45) is 5.92 Å². The molecule has 1 aliphatic heterocycles. The highest BCUT2D eigenvalue weighted by molar-refractivity contribution is 5.55. The van der Waals surface area contributed by atoms with E-state index in [1.54, 1.807) is 0 Å². The van der Waals surface area contributed by atoms with E-state index >= 15 is 0 Å². The third kappa shape index (κ3) is 3.49. The van der Waals surface area contributed by atoms with Crippen LogP contribution in [0.15, 0.2) is 28.9 Å². The van der Waals surface area contributed by atoms with Crippen molar-refractivity contribution in [2.75, 3.05) is 32.7 Å². The molecular weight excluding hydrogens is 312 g/mol. The summed E-state index contributed by atoms with van der Waals surface area (Å²) in [6.45, 7) is 6.00. The highest BCUT2D eigenvalue weighted by Crippen LogP contribution is 2.30. The topological polar surface area (TPSA) is 32.5 Å². The van der Waals surface area contributed by atoms with Crippen molar-refractivity contribution >= 4 is 0 Å². The Morgan fingerprint density at radius 1 is 1.04 bits per heavy atom. The van der Waals surface area contributed by atoms with Gasteiger partial charge in [-0.1, -0.05) is 6.07 Å². The van der Waals surface area contributed by atoms with E-state index in [2.05, 4.69) is 14.8 Å². The summed E-state index contributed by atoms with van der Waals surface area (Å²) < 4.78 is 32.9. The monoisotopic (exact) mass is 333 g/mol. The first-order valence-electron chi connectivity index (χ1n) is 8.52. The molecule has 0 radical (unpaired) electrons. The first-order chi connectivity index (χ1) is 11.7. The van der Waals surface area contributed by atoms with Crippen LogP contribution in [0.3, 0.4) is 0 Å². The zero-order chi connectivity index (χ0) is 16.5. The summed E-state index contributed by atoms with van der Waals surface area (Å²) in [6, 6.07) is 3.75. The zero-order valence-corrected chi connectivity index (χ0v) is 13.5. The minimum atomic E-state index is -0.655. The summed E-state index contributed by atoms with van der Waals surface area (Å²) in [5.74, 6) is -0.382. The van der Waals surface area contributed by atoms with Gasteiger partial charge in [0.05, 0.1) is 5.69 Å². The van der Waals surface area contributed by atoms with Gasteiger partial charge in [0.15, 0.2) is 0 Å². The largest absolute Gasteiger partial charge is 0.444 e. The van der Waals surface area contributed by atoms with Gasteiger partial charge < -0.3 is 9.32 Å². The first kappa shape index (κ1) is 15.7. The van der Waals surface area contributed by atoms with Crippen LogP contribution in [0.2, 0.25) is 0 Å². The summed E-state index contributed by atoms with van der Waals surface area (Å²) in [5.41, 5.74) is 0.515. The maximum Gasteiger partial charge on any atom is 0.232 e. The number of hydrogen-bond acceptors (Lipinski definition) is 4. The predicted octanol–water partition coefficient (Wildman–Crippen LogP) is 3.15. The van der Waals surface area contributed by atoms with Crippen LogP contribution in [-0.4, -0.2) is 47.5 Å². The van der Waals surface area contributed by atoms with Crippen LogP contribution in [0.5, 0.6) is 0 Å². The molecule has 2 aromatic rings. The van der Waals surface area contributed by atoms with Crippen LogP contribution in [0.25, 0.3) is 11.5 Å². The predicted molar refractivity (Wildman–Crippen MR) is 86.3 cm³/mol. The molecule has 0 unspecified atom stereocenters. The molecule has 0 bridgehead atoms. The van der Waals surface area contributed by atoms with E-state index in [-0.39, 0.29) is 11.5 Å². The molecule has 2 heterocycles. The molecule has 1 aromatic carbocycles. The molecule has 24 heavy (non-hydrogen) atoms. The summed E-state index contributed by atoms with van der Waals surface area (Å²) >= 11 is 0. The van der Waals surface area contributed by atoms with Gasteiger partial charge in [0.25, 0.3) is 0 Å². The molecular formula is C18H21F2N3O. The Morgan fingerprint density at radius 3 is 2.38 bits per heavy atom. The summed E-state index contributed by atoms with van der Waals surface area (Å²) in [6.07, 6.45) is 4.26. The Morgan fingerprint density at radius 2 is 1.71 bits per heavy atom. The molecule has 2 fully saturated rings. The van der Waals surface area contributed by atoms with Crippen molar-refractivity contribution in [3.8, 4) is 11.5 Å². The highest BCUT2D eigenvalue weighted by atomic mass is 19.1. The summed E-state index contributed by atoms with van der Waals surface area (Å²) in [4.78, 5) is 9.10. The molecule has 1 saturated carbocycles. The lowest BCUT2D eigenvalue weighted by molar-refractivity contribution is 0.122. The molecule has 1 aliphatic carbocycles. The van der Waals surface area contributed by atoms with Crippen molar-refractivity contribution in [2.45, 2.75) is 19.4 Å². The molecule has 128 valence electrons. The second-order valence-corrected chi connectivity index (χ2v) is 6.76. The van der Waals surface area contributed by atoms with E-state index in [4.69, 9.17) is 4.42 Å². The number of aromatic nitrogens is 1. The molecule has 0 atom stereocenters. The maximum absolute atomic E-state index is 13.8. The first-order valence-corrected chi connectivity index (χ1v) is 8.52. The van der Waals surface area contributed by atoms with Gasteiger partial charge in [-0.15, -0.1) is 0 Å². The Hall–Kier alpha value is -1.79. The number of oxazole rings is 1. The normalized spacial score (nSPS) is 19.8. The molecule has 0 amide bonds. The number of nitrogens with zero attached hydrogens (tertiary/aromatic N) is 3. The van der Waals surface area contributed by atoms with Crippen LogP contribution < -0.4 is 0 Å². The Kier molecular flexibility index (Phi) is 4.33. The SMILES string of the molecule is Fc1cccc(F)c1-c1nc(CN2CCN(CC3CC3)CC2)co1. The smallest absolute Gasteiger partial charge is 0.232 e. The van der Waals surface area contributed by atoms with E-state index in [1.807, 2.05) is 0 Å². The van der Waals surface area contributed by atoms with Crippen molar-refractivity contribution in [3.63, 3.8) is 0 Å². The Labute approximate surface area is 140 Å². The van der Waals surface area contributed by atoms with Crippen molar-refractivity contribution < 1.29 is 13.2 Å². The number of hydrogen-bond donors (Lipinski definition) is 0. The van der Waals surface area contributed by atoms with Gasteiger partial charge in [-0.05, 0) is 30.9 Å². The fourth-order valence-corrected chi connectivity index (χ4v) is 3.22. The van der Waals surface area contributed by atoms with Crippen LogP contribution in [-0.2, 0) is 6.54 Å². The lowest BCUT2D eigenvalue weighted by Crippen LogP contribution is -2.46. The van der Waals surface area contributed by atoms with Crippen molar-refractivity contribution in [3.05, 3.63) is 41.8 Å². The van der Waals surface area contributed by atoms with Crippen molar-refractivity contribution in [1.82, 2.24) is 14.8 Å². The molecule has 2 aliphatic rings. The second kappa shape index (κ2) is 6.61. The van der Waals surface area contributed by atoms with Gasteiger partial charge in [0.2, 0.25) is 5.89 Å². The van der Waals surface area contributed by atoms with E-state index in [1.165, 1.54) is 43.8 Å². The number of piperazine rings is 1. The second-order valence-electron chi connectivity index (χ2n) is 6.76. The molecule has 1 aromatic heterocycles. The lowest BCUT2D eigenvalue weighted by Gasteiger charge is -2.34. The van der Waals surface area contributed by atoms with Crippen LogP contribution in [0.1, 0.15) is 18.5 Å². The molecule has 1 saturated heterocycles. The van der Waals surface area contributed by atoms with Crippen LogP contribution in [0, 0.1) is 17.6 Å². The van der Waals surface area contributed by atoms with Crippen LogP contribution in [0.4, 0.5) is 8.78 Å². The molecule has 0 N–H and O–H groups in total. The minimum Gasteiger partial charge on any atom is -0.444 e. The highest BCUT2D eigenvalue weighted by Gasteiger charge is 2.26. The van der Waals surface area contributed by atoms with E-state index in [0.717, 1.165) is 32.1 Å². The Balaban J connectivity index is 1.37. The van der Waals surface area contributed by atoms with Gasteiger partial charge in [0.1, 0.15) is 23.5 Å². The van der Waals surface area contributed by atoms with E-state index in [0.29, 0.717) is 12.2 Å². The maximum atomic E-state index is 13.8. The summed E-state index contributed by atoms with van der Waals surface area (Å²) in [5, 5.41) is 0. The number of halogens is 2. The lowest BCUT2D eigenvalue weighted by atomic mass is 10.2. The van der Waals surface area contributed by atoms with Crippen LogP contribution >= 0.6 is 0 Å². The average molecular weight is 333 g/mol. The Bertz CT molecular complexity index is 686. The average Bonchev–Trinajstić information content (AvgIpc) is 3.27. The van der Waals surface area contributed by atoms with Gasteiger partial charge in [0, 0.05) is 39.3 Å². The zero-order valence-electron chi connectivity index (χ0n) is 13.5. The van der Waals surface area contributed by atoms with Gasteiger partial charge in [-0.25, -0.2) is 13.8 Å². The third-order valence-electron chi connectivity index (χ3n) is 4.79. The fourth-order valence-electron chi connectivity index (χ4n) is 3.22. The van der Waals surface area contributed by atoms with Gasteiger partial charge in [-0.3, -0.25) is 4.90 Å².